The third-order valence-corrected chi connectivity index (χ3v) is 4.23. The molecule has 26 heavy (non-hydrogen) atoms. The number of benzene rings is 2. The summed E-state index contributed by atoms with van der Waals surface area (Å²) in [4.78, 5) is 4.54. The van der Waals surface area contributed by atoms with E-state index in [4.69, 9.17) is 0 Å². The van der Waals surface area contributed by atoms with Gasteiger partial charge in [-0.25, -0.2) is 10.1 Å². The molecular weight excluding hydrogens is 326 g/mol. The Hall–Kier alpha value is -3.35. The average molecular weight is 345 g/mol. The van der Waals surface area contributed by atoms with E-state index in [0.29, 0.717) is 11.7 Å². The zero-order chi connectivity index (χ0) is 17.9. The highest BCUT2D eigenvalue weighted by atomic mass is 15.5. The molecule has 7 nitrogen and oxygen atoms in total. The average Bonchev–Trinajstić information content (AvgIpc) is 3.34. The number of hydrogen-bond donors (Lipinski definition) is 2. The smallest absolute Gasteiger partial charge is 0.180 e. The van der Waals surface area contributed by atoms with E-state index in [1.54, 1.807) is 0 Å². The number of rotatable bonds is 5. The van der Waals surface area contributed by atoms with Crippen molar-refractivity contribution in [3.8, 4) is 22.5 Å². The van der Waals surface area contributed by atoms with Crippen molar-refractivity contribution in [2.24, 2.45) is 0 Å². The molecule has 0 aliphatic rings. The number of aromatic amines is 2. The van der Waals surface area contributed by atoms with E-state index in [2.05, 4.69) is 80.0 Å². The number of nitrogens with one attached hydrogen (secondary N) is 2. The minimum Gasteiger partial charge on any atom is -0.263 e. The van der Waals surface area contributed by atoms with Crippen LogP contribution in [0.25, 0.3) is 22.5 Å². The molecule has 0 amide bonds. The van der Waals surface area contributed by atoms with Crippen LogP contribution in [-0.4, -0.2) is 35.8 Å². The highest BCUT2D eigenvalue weighted by Gasteiger charge is 2.11. The normalized spacial score (nSPS) is 11.2. The fourth-order valence-electron chi connectivity index (χ4n) is 2.86. The first-order chi connectivity index (χ1) is 12.7. The summed E-state index contributed by atoms with van der Waals surface area (Å²) in [5.74, 6) is 2.72. The van der Waals surface area contributed by atoms with E-state index in [-0.39, 0.29) is 0 Å². The predicted molar refractivity (Wildman–Crippen MR) is 98.3 cm³/mol. The Balaban J connectivity index is 1.59. The summed E-state index contributed by atoms with van der Waals surface area (Å²) in [6.45, 7) is 4.17. The maximum atomic E-state index is 4.54. The second-order valence-corrected chi connectivity index (χ2v) is 6.46. The van der Waals surface area contributed by atoms with E-state index >= 15 is 0 Å². The molecular formula is C19H19N7. The van der Waals surface area contributed by atoms with Gasteiger partial charge in [-0.05, 0) is 27.1 Å². The van der Waals surface area contributed by atoms with Crippen LogP contribution in [0, 0.1) is 0 Å². The largest absolute Gasteiger partial charge is 0.263 e. The molecule has 2 N–H and O–H groups in total. The van der Waals surface area contributed by atoms with E-state index < -0.39 is 0 Å². The number of nitrogens with zero attached hydrogens (tertiary/aromatic N) is 5. The van der Waals surface area contributed by atoms with Gasteiger partial charge in [-0.15, -0.1) is 5.10 Å². The van der Waals surface area contributed by atoms with Crippen molar-refractivity contribution in [1.29, 1.82) is 0 Å². The highest BCUT2D eigenvalue weighted by Crippen LogP contribution is 2.29. The van der Waals surface area contributed by atoms with E-state index in [9.17, 15) is 0 Å². The van der Waals surface area contributed by atoms with Crippen molar-refractivity contribution in [1.82, 2.24) is 35.8 Å². The Kier molecular flexibility index (Phi) is 4.27. The van der Waals surface area contributed by atoms with Gasteiger partial charge in [-0.1, -0.05) is 62.4 Å². The molecule has 0 fully saturated rings. The van der Waals surface area contributed by atoms with Crippen LogP contribution in [0.1, 0.15) is 37.0 Å². The number of tetrazole rings is 1. The third kappa shape index (κ3) is 3.23. The summed E-state index contributed by atoms with van der Waals surface area (Å²) in [5.41, 5.74) is 4.35. The molecule has 2 aromatic heterocycles. The zero-order valence-electron chi connectivity index (χ0n) is 14.6. The predicted octanol–water partition coefficient (Wildman–Crippen LogP) is 3.37. The summed E-state index contributed by atoms with van der Waals surface area (Å²) < 4.78 is 0. The van der Waals surface area contributed by atoms with Gasteiger partial charge in [0.05, 0.1) is 0 Å². The maximum Gasteiger partial charge on any atom is 0.180 e. The van der Waals surface area contributed by atoms with Crippen LogP contribution in [0.15, 0.2) is 48.5 Å². The lowest BCUT2D eigenvalue weighted by Gasteiger charge is -2.08. The summed E-state index contributed by atoms with van der Waals surface area (Å²) in [6.07, 6.45) is 0.730. The SMILES string of the molecule is CC(C)c1n[nH]c(Cc2ccc(-c3ccccc3-c3nnn[nH]3)cc2)n1. The van der Waals surface area contributed by atoms with Crippen LogP contribution in [0.3, 0.4) is 0 Å². The lowest BCUT2D eigenvalue weighted by Crippen LogP contribution is -1.93. The van der Waals surface area contributed by atoms with E-state index in [1.165, 1.54) is 5.56 Å². The van der Waals surface area contributed by atoms with Crippen LogP contribution in [0.4, 0.5) is 0 Å². The molecule has 0 unspecified atom stereocenters. The molecule has 2 heterocycles. The topological polar surface area (TPSA) is 96.0 Å². The lowest BCUT2D eigenvalue weighted by atomic mass is 9.98. The Morgan fingerprint density at radius 1 is 0.923 bits per heavy atom. The molecule has 4 rings (SSSR count). The Bertz CT molecular complexity index is 985. The molecule has 7 heteroatoms. The van der Waals surface area contributed by atoms with Crippen LogP contribution < -0.4 is 0 Å². The quantitative estimate of drug-likeness (QED) is 0.578. The first-order valence-corrected chi connectivity index (χ1v) is 8.54. The number of H-pyrrole nitrogens is 2. The molecule has 0 aliphatic carbocycles. The minimum atomic E-state index is 0.324. The van der Waals surface area contributed by atoms with Gasteiger partial charge in [0.15, 0.2) is 11.6 Å². The molecule has 0 atom stereocenters. The fourth-order valence-corrected chi connectivity index (χ4v) is 2.86. The second kappa shape index (κ2) is 6.87. The number of hydrogen-bond acceptors (Lipinski definition) is 5. The summed E-state index contributed by atoms with van der Waals surface area (Å²) in [6, 6.07) is 16.5. The number of aromatic nitrogens is 7. The second-order valence-electron chi connectivity index (χ2n) is 6.46. The van der Waals surface area contributed by atoms with Crippen LogP contribution >= 0.6 is 0 Å². The first-order valence-electron chi connectivity index (χ1n) is 8.54. The van der Waals surface area contributed by atoms with Crippen molar-refractivity contribution in [3.05, 3.63) is 65.7 Å². The van der Waals surface area contributed by atoms with E-state index in [0.717, 1.165) is 34.8 Å². The van der Waals surface area contributed by atoms with Gasteiger partial charge in [0.2, 0.25) is 0 Å². The highest BCUT2D eigenvalue weighted by molar-refractivity contribution is 5.80. The van der Waals surface area contributed by atoms with E-state index in [1.807, 2.05) is 18.2 Å². The summed E-state index contributed by atoms with van der Waals surface area (Å²) in [5, 5.41) is 21.5. The van der Waals surface area contributed by atoms with Gasteiger partial charge in [-0.2, -0.15) is 5.10 Å². The van der Waals surface area contributed by atoms with Crippen molar-refractivity contribution in [2.45, 2.75) is 26.2 Å². The standard InChI is InChI=1S/C19H19N7/c1-12(2)18-20-17(21-22-18)11-13-7-9-14(10-8-13)15-5-3-4-6-16(15)19-23-25-26-24-19/h3-10,12H,11H2,1-2H3,(H,20,21,22)(H,23,24,25,26). The van der Waals surface area contributed by atoms with Crippen molar-refractivity contribution in [3.63, 3.8) is 0 Å². The summed E-state index contributed by atoms with van der Waals surface area (Å²) in [7, 11) is 0. The fraction of sp³-hybridized carbons (Fsp3) is 0.211. The molecule has 130 valence electrons. The Labute approximate surface area is 150 Å². The molecule has 0 aliphatic heterocycles. The monoisotopic (exact) mass is 345 g/mol. The van der Waals surface area contributed by atoms with Gasteiger partial charge in [0, 0.05) is 17.9 Å². The Morgan fingerprint density at radius 3 is 2.35 bits per heavy atom. The molecule has 4 aromatic rings. The zero-order valence-corrected chi connectivity index (χ0v) is 14.6. The Morgan fingerprint density at radius 2 is 1.69 bits per heavy atom. The molecule has 0 saturated heterocycles. The van der Waals surface area contributed by atoms with Crippen molar-refractivity contribution < 1.29 is 0 Å². The van der Waals surface area contributed by atoms with Crippen LogP contribution in [0.5, 0.6) is 0 Å². The summed E-state index contributed by atoms with van der Waals surface area (Å²) >= 11 is 0. The van der Waals surface area contributed by atoms with Gasteiger partial charge in [0.25, 0.3) is 0 Å². The maximum absolute atomic E-state index is 4.54. The van der Waals surface area contributed by atoms with Crippen molar-refractivity contribution >= 4 is 0 Å². The molecule has 0 radical (unpaired) electrons. The lowest BCUT2D eigenvalue weighted by molar-refractivity contribution is 0.780. The van der Waals surface area contributed by atoms with Gasteiger partial charge in [-0.3, -0.25) is 5.10 Å². The third-order valence-electron chi connectivity index (χ3n) is 4.23. The van der Waals surface area contributed by atoms with Gasteiger partial charge < -0.3 is 0 Å². The molecule has 2 aromatic carbocycles. The first kappa shape index (κ1) is 16.1. The van der Waals surface area contributed by atoms with Gasteiger partial charge in [0.1, 0.15) is 5.82 Å². The molecule has 0 bridgehead atoms. The van der Waals surface area contributed by atoms with Crippen LogP contribution in [0.2, 0.25) is 0 Å². The molecule has 0 spiro atoms. The van der Waals surface area contributed by atoms with Crippen molar-refractivity contribution in [2.75, 3.05) is 0 Å². The minimum absolute atomic E-state index is 0.324. The van der Waals surface area contributed by atoms with Gasteiger partial charge >= 0.3 is 0 Å². The van der Waals surface area contributed by atoms with Crippen LogP contribution in [-0.2, 0) is 6.42 Å². The molecule has 0 saturated carbocycles.